The van der Waals surface area contributed by atoms with Crippen LogP contribution in [0.2, 0.25) is 0 Å². The quantitative estimate of drug-likeness (QED) is 0.589. The lowest BCUT2D eigenvalue weighted by Gasteiger charge is -2.57. The molecular formula is C14H16ClF6NO. The van der Waals surface area contributed by atoms with E-state index in [-0.39, 0.29) is 17.8 Å². The zero-order chi connectivity index (χ0) is 17.3. The molecule has 0 heterocycles. The molecule has 0 unspecified atom stereocenters. The molecular weight excluding hydrogens is 348 g/mol. The Balaban J connectivity index is 1.79. The van der Waals surface area contributed by atoms with Gasteiger partial charge in [0.25, 0.3) is 5.91 Å². The third kappa shape index (κ3) is 2.61. The van der Waals surface area contributed by atoms with Crippen LogP contribution in [0.25, 0.3) is 0 Å². The molecule has 4 fully saturated rings. The summed E-state index contributed by atoms with van der Waals surface area (Å²) >= 11 is 4.09. The summed E-state index contributed by atoms with van der Waals surface area (Å²) in [5.41, 5.74) is -0.979. The number of hydrogen-bond acceptors (Lipinski definition) is 1. The molecule has 0 saturated heterocycles. The van der Waals surface area contributed by atoms with E-state index in [2.05, 4.69) is 11.6 Å². The Morgan fingerprint density at radius 3 is 1.65 bits per heavy atom. The molecule has 4 saturated carbocycles. The third-order valence-electron chi connectivity index (χ3n) is 5.45. The number of hydrogen-bond donors (Lipinski definition) is 1. The van der Waals surface area contributed by atoms with Gasteiger partial charge in [0.15, 0.2) is 0 Å². The van der Waals surface area contributed by atoms with Crippen molar-refractivity contribution in [3.63, 3.8) is 0 Å². The van der Waals surface area contributed by atoms with E-state index >= 15 is 0 Å². The molecule has 1 amide bonds. The predicted octanol–water partition coefficient (Wildman–Crippen LogP) is 4.17. The van der Waals surface area contributed by atoms with Crippen LogP contribution in [0.15, 0.2) is 0 Å². The molecule has 23 heavy (non-hydrogen) atoms. The summed E-state index contributed by atoms with van der Waals surface area (Å²) in [5, 5.41) is -3.54. The third-order valence-corrected chi connectivity index (χ3v) is 5.69. The van der Waals surface area contributed by atoms with Gasteiger partial charge in [0.2, 0.25) is 0 Å². The summed E-state index contributed by atoms with van der Waals surface area (Å²) in [4.78, 5) is 11.7. The van der Waals surface area contributed by atoms with Crippen LogP contribution < -0.4 is 5.32 Å². The van der Waals surface area contributed by atoms with E-state index in [0.29, 0.717) is 19.3 Å². The van der Waals surface area contributed by atoms with Crippen molar-refractivity contribution in [3.05, 3.63) is 0 Å². The fraction of sp³-hybridized carbons (Fsp3) is 0.929. The second-order valence-corrected chi connectivity index (χ2v) is 7.77. The first-order chi connectivity index (χ1) is 10.4. The Kier molecular flexibility index (Phi) is 3.68. The zero-order valence-electron chi connectivity index (χ0n) is 12.0. The molecule has 0 atom stereocenters. The van der Waals surface area contributed by atoms with E-state index in [0.717, 1.165) is 19.3 Å². The van der Waals surface area contributed by atoms with Crippen LogP contribution in [0.4, 0.5) is 26.3 Å². The van der Waals surface area contributed by atoms with Crippen molar-refractivity contribution in [2.45, 2.75) is 61.3 Å². The van der Waals surface area contributed by atoms with Gasteiger partial charge in [-0.2, -0.15) is 26.3 Å². The molecule has 9 heteroatoms. The SMILES string of the molecule is O=C(NC12CC3CC(CC(C3)C1)C2)C(F)(F)C(F)(F)C(F)(F)Cl. The molecule has 0 aromatic heterocycles. The van der Waals surface area contributed by atoms with Crippen LogP contribution >= 0.6 is 11.6 Å². The Bertz CT molecular complexity index is 483. The van der Waals surface area contributed by atoms with Gasteiger partial charge in [-0.15, -0.1) is 0 Å². The fourth-order valence-corrected chi connectivity index (χ4v) is 5.02. The van der Waals surface area contributed by atoms with Crippen molar-refractivity contribution in [2.24, 2.45) is 17.8 Å². The highest BCUT2D eigenvalue weighted by atomic mass is 35.5. The number of halogens is 7. The highest BCUT2D eigenvalue weighted by Crippen LogP contribution is 2.56. The van der Waals surface area contributed by atoms with E-state index in [1.54, 1.807) is 0 Å². The molecule has 0 aliphatic heterocycles. The predicted molar refractivity (Wildman–Crippen MR) is 69.7 cm³/mol. The fourth-order valence-electron chi connectivity index (χ4n) is 4.90. The lowest BCUT2D eigenvalue weighted by molar-refractivity contribution is -0.270. The number of amides is 1. The van der Waals surface area contributed by atoms with Crippen LogP contribution in [0.1, 0.15) is 38.5 Å². The average molecular weight is 364 g/mol. The molecule has 0 aromatic carbocycles. The number of alkyl halides is 7. The van der Waals surface area contributed by atoms with Gasteiger partial charge in [-0.3, -0.25) is 4.79 Å². The minimum atomic E-state index is -5.96. The molecule has 1 N–H and O–H groups in total. The maximum Gasteiger partial charge on any atom is 0.395 e. The maximum atomic E-state index is 13.6. The van der Waals surface area contributed by atoms with Gasteiger partial charge in [-0.05, 0) is 67.9 Å². The second-order valence-electron chi connectivity index (χ2n) is 7.30. The standard InChI is InChI=1S/C14H16ClF6NO/c15-14(20,21)13(18,19)12(16,17)10(23)22-11-4-7-1-8(5-11)3-9(2-7)6-11/h7-9H,1-6H2,(H,22,23). The first kappa shape index (κ1) is 17.2. The molecule has 0 radical (unpaired) electrons. The number of rotatable bonds is 4. The lowest BCUT2D eigenvalue weighted by atomic mass is 9.53. The first-order valence-corrected chi connectivity index (χ1v) is 7.89. The van der Waals surface area contributed by atoms with Crippen LogP contribution in [0.5, 0.6) is 0 Å². The summed E-state index contributed by atoms with van der Waals surface area (Å²) in [6.45, 7) is 0. The van der Waals surface area contributed by atoms with Crippen molar-refractivity contribution < 1.29 is 31.1 Å². The highest BCUT2D eigenvalue weighted by Gasteiger charge is 2.75. The minimum absolute atomic E-state index is 0.269. The van der Waals surface area contributed by atoms with Gasteiger partial charge < -0.3 is 5.32 Å². The monoisotopic (exact) mass is 363 g/mol. The maximum absolute atomic E-state index is 13.6. The van der Waals surface area contributed by atoms with Gasteiger partial charge in [-0.1, -0.05) is 0 Å². The molecule has 4 aliphatic rings. The van der Waals surface area contributed by atoms with E-state index < -0.39 is 28.7 Å². The summed E-state index contributed by atoms with van der Waals surface area (Å²) in [6, 6.07) is 0. The van der Waals surface area contributed by atoms with Crippen molar-refractivity contribution in [1.29, 1.82) is 0 Å². The van der Waals surface area contributed by atoms with Crippen LogP contribution in [-0.4, -0.2) is 28.7 Å². The Hall–Kier alpha value is -0.660. The van der Waals surface area contributed by atoms with Crippen molar-refractivity contribution in [1.82, 2.24) is 5.32 Å². The molecule has 0 spiro atoms. The van der Waals surface area contributed by atoms with Crippen molar-refractivity contribution in [2.75, 3.05) is 0 Å². The van der Waals surface area contributed by atoms with Gasteiger partial charge >= 0.3 is 17.2 Å². The Labute approximate surface area is 133 Å². The van der Waals surface area contributed by atoms with Crippen LogP contribution in [0, 0.1) is 17.8 Å². The van der Waals surface area contributed by atoms with E-state index in [1.807, 2.05) is 5.32 Å². The summed E-state index contributed by atoms with van der Waals surface area (Å²) in [5.74, 6) is -13.1. The van der Waals surface area contributed by atoms with E-state index in [9.17, 15) is 31.1 Å². The average Bonchev–Trinajstić information content (AvgIpc) is 2.34. The largest absolute Gasteiger partial charge is 0.395 e. The molecule has 4 rings (SSSR count). The Morgan fingerprint density at radius 2 is 1.30 bits per heavy atom. The summed E-state index contributed by atoms with van der Waals surface area (Å²) in [7, 11) is 0. The molecule has 2 nitrogen and oxygen atoms in total. The minimum Gasteiger partial charge on any atom is -0.345 e. The summed E-state index contributed by atoms with van der Waals surface area (Å²) in [6.07, 6.45) is 4.14. The number of carbonyl (C=O) groups excluding carboxylic acids is 1. The van der Waals surface area contributed by atoms with Crippen LogP contribution in [-0.2, 0) is 4.79 Å². The van der Waals surface area contributed by atoms with Gasteiger partial charge in [0.05, 0.1) is 0 Å². The molecule has 0 aromatic rings. The molecule has 4 aliphatic carbocycles. The first-order valence-electron chi connectivity index (χ1n) is 7.51. The smallest absolute Gasteiger partial charge is 0.345 e. The number of nitrogens with one attached hydrogen (secondary N) is 1. The normalized spacial score (nSPS) is 37.1. The van der Waals surface area contributed by atoms with Gasteiger partial charge in [-0.25, -0.2) is 0 Å². The topological polar surface area (TPSA) is 29.1 Å². The molecule has 4 bridgehead atoms. The van der Waals surface area contributed by atoms with E-state index in [1.165, 1.54) is 0 Å². The van der Waals surface area contributed by atoms with Crippen molar-refractivity contribution >= 4 is 17.5 Å². The van der Waals surface area contributed by atoms with Crippen molar-refractivity contribution in [3.8, 4) is 0 Å². The van der Waals surface area contributed by atoms with Gasteiger partial charge in [0, 0.05) is 5.54 Å². The van der Waals surface area contributed by atoms with Crippen LogP contribution in [0.3, 0.4) is 0 Å². The Morgan fingerprint density at radius 1 is 0.913 bits per heavy atom. The number of carbonyl (C=O) groups is 1. The highest BCUT2D eigenvalue weighted by molar-refractivity contribution is 6.22. The lowest BCUT2D eigenvalue weighted by Crippen LogP contribution is -2.66. The second kappa shape index (κ2) is 4.92. The van der Waals surface area contributed by atoms with Gasteiger partial charge in [0.1, 0.15) is 0 Å². The summed E-state index contributed by atoms with van der Waals surface area (Å²) < 4.78 is 79.0. The van der Waals surface area contributed by atoms with E-state index in [4.69, 9.17) is 0 Å². The molecule has 132 valence electrons. The zero-order valence-corrected chi connectivity index (χ0v) is 12.8.